The molecule has 0 amide bonds. The standard InChI is InChI=1S/C41H46N2O8/c1-42-14-12-23-18-32(45-4)33(46-5)21-27(23)29(42)16-25-10-11-31(44-3)41(50-9)39(25)51-35-20-26-17-30-37-24(13-15-43(30)2)19-36(48-7)40(49-8)38(37)28(26)22-34(35)47-6/h10-11,17-22,29H,12-16H2,1-9H3. The minimum Gasteiger partial charge on any atom is -0.493 e. The van der Waals surface area contributed by atoms with E-state index in [1.54, 1.807) is 49.8 Å². The highest BCUT2D eigenvalue weighted by atomic mass is 16.5. The van der Waals surface area contributed by atoms with Crippen molar-refractivity contribution in [3.05, 3.63) is 70.8 Å². The summed E-state index contributed by atoms with van der Waals surface area (Å²) in [5.41, 5.74) is 5.75. The number of ether oxygens (including phenoxy) is 8. The van der Waals surface area contributed by atoms with Crippen LogP contribution < -0.4 is 42.8 Å². The van der Waals surface area contributed by atoms with Gasteiger partial charge in [-0.25, -0.2) is 0 Å². The van der Waals surface area contributed by atoms with Crippen LogP contribution in [0.2, 0.25) is 0 Å². The molecule has 0 spiro atoms. The fourth-order valence-corrected chi connectivity index (χ4v) is 7.82. The first-order valence-electron chi connectivity index (χ1n) is 17.1. The molecule has 10 nitrogen and oxygen atoms in total. The average molecular weight is 695 g/mol. The molecule has 0 N–H and O–H groups in total. The van der Waals surface area contributed by atoms with E-state index < -0.39 is 0 Å². The van der Waals surface area contributed by atoms with Crippen LogP contribution in [0.1, 0.15) is 28.3 Å². The molecule has 1 unspecified atom stereocenters. The molecule has 268 valence electrons. The molecule has 5 aromatic rings. The molecule has 0 saturated carbocycles. The monoisotopic (exact) mass is 694 g/mol. The van der Waals surface area contributed by atoms with Crippen molar-refractivity contribution >= 4 is 27.2 Å². The highest BCUT2D eigenvalue weighted by Crippen LogP contribution is 2.51. The number of methoxy groups -OCH3 is 7. The third-order valence-corrected chi connectivity index (χ3v) is 10.5. The lowest BCUT2D eigenvalue weighted by atomic mass is 9.88. The van der Waals surface area contributed by atoms with E-state index >= 15 is 0 Å². The molecule has 2 aliphatic rings. The molecule has 5 aromatic carbocycles. The fraction of sp³-hybridized carbons (Fsp3) is 0.366. The Bertz CT molecular complexity index is 2130. The van der Waals surface area contributed by atoms with Gasteiger partial charge >= 0.3 is 0 Å². The van der Waals surface area contributed by atoms with Gasteiger partial charge in [-0.05, 0) is 96.2 Å². The zero-order chi connectivity index (χ0) is 36.0. The van der Waals surface area contributed by atoms with Crippen LogP contribution in [-0.2, 0) is 19.3 Å². The smallest absolute Gasteiger partial charge is 0.204 e. The number of hydrogen-bond acceptors (Lipinski definition) is 10. The van der Waals surface area contributed by atoms with E-state index in [0.29, 0.717) is 52.4 Å². The molecule has 0 aliphatic carbocycles. The van der Waals surface area contributed by atoms with Crippen molar-refractivity contribution in [2.75, 3.05) is 81.9 Å². The van der Waals surface area contributed by atoms with Gasteiger partial charge in [-0.15, -0.1) is 0 Å². The van der Waals surface area contributed by atoms with Gasteiger partial charge < -0.3 is 42.8 Å². The number of benzene rings is 5. The zero-order valence-electron chi connectivity index (χ0n) is 30.9. The van der Waals surface area contributed by atoms with Crippen LogP contribution in [-0.4, -0.2) is 81.9 Å². The first kappa shape index (κ1) is 34.2. The number of hydrogen-bond donors (Lipinski definition) is 0. The number of nitrogens with zero attached hydrogens (tertiary/aromatic N) is 2. The van der Waals surface area contributed by atoms with E-state index in [2.05, 4.69) is 54.2 Å². The van der Waals surface area contributed by atoms with Crippen LogP contribution >= 0.6 is 0 Å². The highest BCUT2D eigenvalue weighted by Gasteiger charge is 2.31. The topological polar surface area (TPSA) is 80.3 Å². The maximum Gasteiger partial charge on any atom is 0.204 e. The van der Waals surface area contributed by atoms with E-state index in [9.17, 15) is 0 Å². The Balaban J connectivity index is 1.39. The van der Waals surface area contributed by atoms with Gasteiger partial charge in [0.05, 0.1) is 49.8 Å². The molecule has 0 radical (unpaired) electrons. The summed E-state index contributed by atoms with van der Waals surface area (Å²) in [5, 5.41) is 4.10. The van der Waals surface area contributed by atoms with Gasteiger partial charge in [0.1, 0.15) is 0 Å². The summed E-state index contributed by atoms with van der Waals surface area (Å²) in [5.74, 6) is 5.61. The Kier molecular flexibility index (Phi) is 9.28. The average Bonchev–Trinajstić information content (AvgIpc) is 3.16. The predicted octanol–water partition coefficient (Wildman–Crippen LogP) is 7.61. The number of fused-ring (bicyclic) bond motifs is 3. The molecule has 10 heteroatoms. The van der Waals surface area contributed by atoms with Crippen LogP contribution in [0.5, 0.6) is 51.7 Å². The fourth-order valence-electron chi connectivity index (χ4n) is 7.82. The van der Waals surface area contributed by atoms with Crippen molar-refractivity contribution in [3.63, 3.8) is 0 Å². The molecular weight excluding hydrogens is 648 g/mol. The first-order valence-corrected chi connectivity index (χ1v) is 17.1. The molecule has 0 bridgehead atoms. The zero-order valence-corrected chi connectivity index (χ0v) is 30.9. The predicted molar refractivity (Wildman–Crippen MR) is 200 cm³/mol. The Morgan fingerprint density at radius 3 is 1.90 bits per heavy atom. The van der Waals surface area contributed by atoms with Crippen LogP contribution in [0.3, 0.4) is 0 Å². The van der Waals surface area contributed by atoms with E-state index in [4.69, 9.17) is 37.9 Å². The van der Waals surface area contributed by atoms with E-state index in [-0.39, 0.29) is 6.04 Å². The quantitative estimate of drug-likeness (QED) is 0.129. The normalized spacial score (nSPS) is 15.4. The van der Waals surface area contributed by atoms with Crippen molar-refractivity contribution in [2.45, 2.75) is 25.3 Å². The maximum atomic E-state index is 6.94. The Hall–Kier alpha value is -5.22. The summed E-state index contributed by atoms with van der Waals surface area (Å²) in [6.07, 6.45) is 2.46. The summed E-state index contributed by atoms with van der Waals surface area (Å²) in [6, 6.07) is 16.6. The molecule has 0 fully saturated rings. The maximum absolute atomic E-state index is 6.94. The Morgan fingerprint density at radius 2 is 1.22 bits per heavy atom. The van der Waals surface area contributed by atoms with Gasteiger partial charge in [0.2, 0.25) is 5.75 Å². The second-order valence-corrected chi connectivity index (χ2v) is 13.1. The van der Waals surface area contributed by atoms with Crippen molar-refractivity contribution < 1.29 is 37.9 Å². The summed E-state index contributed by atoms with van der Waals surface area (Å²) in [7, 11) is 15.9. The first-order chi connectivity index (χ1) is 24.8. The summed E-state index contributed by atoms with van der Waals surface area (Å²) >= 11 is 0. The number of likely N-dealkylation sites (N-methyl/N-ethyl adjacent to an activating group) is 2. The SMILES string of the molecule is COc1cc2c(cc1OC)C(Cc1ccc(OC)c(OC)c1Oc1cc3cc4c5c(cc(OC)c(OC)c5c3cc1OC)CCN4C)N(C)CC2. The second kappa shape index (κ2) is 13.8. The Morgan fingerprint density at radius 1 is 0.569 bits per heavy atom. The summed E-state index contributed by atoms with van der Waals surface area (Å²) < 4.78 is 47.9. The molecule has 1 atom stereocenters. The molecule has 51 heavy (non-hydrogen) atoms. The number of rotatable bonds is 11. The largest absolute Gasteiger partial charge is 0.493 e. The van der Waals surface area contributed by atoms with E-state index in [0.717, 1.165) is 64.5 Å². The molecule has 7 rings (SSSR count). The van der Waals surface area contributed by atoms with Crippen molar-refractivity contribution in [2.24, 2.45) is 0 Å². The minimum atomic E-state index is 0.0409. The molecule has 0 aromatic heterocycles. The van der Waals surface area contributed by atoms with Gasteiger partial charge in [-0.1, -0.05) is 6.07 Å². The third-order valence-electron chi connectivity index (χ3n) is 10.5. The number of anilines is 1. The summed E-state index contributed by atoms with van der Waals surface area (Å²) in [4.78, 5) is 4.66. The summed E-state index contributed by atoms with van der Waals surface area (Å²) in [6.45, 7) is 1.79. The van der Waals surface area contributed by atoms with Crippen molar-refractivity contribution in [1.29, 1.82) is 0 Å². The van der Waals surface area contributed by atoms with Gasteiger partial charge in [0, 0.05) is 48.2 Å². The minimum absolute atomic E-state index is 0.0409. The lowest BCUT2D eigenvalue weighted by Gasteiger charge is -2.35. The third kappa shape index (κ3) is 5.71. The van der Waals surface area contributed by atoms with Crippen LogP contribution in [0.25, 0.3) is 21.5 Å². The molecular formula is C41H46N2O8. The van der Waals surface area contributed by atoms with Crippen LogP contribution in [0.4, 0.5) is 5.69 Å². The second-order valence-electron chi connectivity index (χ2n) is 13.1. The van der Waals surface area contributed by atoms with Gasteiger partial charge in [0.25, 0.3) is 0 Å². The Labute approximate surface area is 299 Å². The van der Waals surface area contributed by atoms with Crippen LogP contribution in [0, 0.1) is 0 Å². The molecule has 0 saturated heterocycles. The van der Waals surface area contributed by atoms with Crippen molar-refractivity contribution in [1.82, 2.24) is 4.90 Å². The van der Waals surface area contributed by atoms with Crippen molar-refractivity contribution in [3.8, 4) is 51.7 Å². The lowest BCUT2D eigenvalue weighted by molar-refractivity contribution is 0.226. The molecule has 2 heterocycles. The highest BCUT2D eigenvalue weighted by molar-refractivity contribution is 6.18. The van der Waals surface area contributed by atoms with Gasteiger partial charge in [-0.2, -0.15) is 0 Å². The van der Waals surface area contributed by atoms with E-state index in [1.165, 1.54) is 16.7 Å². The van der Waals surface area contributed by atoms with Crippen LogP contribution in [0.15, 0.2) is 48.5 Å². The lowest BCUT2D eigenvalue weighted by Crippen LogP contribution is -2.33. The van der Waals surface area contributed by atoms with Gasteiger partial charge in [0.15, 0.2) is 46.0 Å². The molecule has 2 aliphatic heterocycles. The van der Waals surface area contributed by atoms with Gasteiger partial charge in [-0.3, -0.25) is 4.90 Å². The van der Waals surface area contributed by atoms with E-state index in [1.807, 2.05) is 18.2 Å².